The van der Waals surface area contributed by atoms with Crippen LogP contribution in [0.1, 0.15) is 13.3 Å². The molecule has 0 aromatic rings. The van der Waals surface area contributed by atoms with Gasteiger partial charge in [-0.3, -0.25) is 0 Å². The van der Waals surface area contributed by atoms with E-state index >= 15 is 0 Å². The summed E-state index contributed by atoms with van der Waals surface area (Å²) in [5.41, 5.74) is 0. The average Bonchev–Trinajstić information content (AvgIpc) is 1.88. The van der Waals surface area contributed by atoms with Crippen LogP contribution in [0, 0.1) is 11.3 Å². The van der Waals surface area contributed by atoms with E-state index in [9.17, 15) is 0 Å². The molecule has 0 aliphatic heterocycles. The molecule has 1 nitrogen and oxygen atoms in total. The molecule has 0 spiro atoms. The molecule has 0 aromatic heterocycles. The number of nitrogens with zero attached hydrogens (tertiary/aromatic N) is 1. The maximum absolute atomic E-state index is 7.51. The summed E-state index contributed by atoms with van der Waals surface area (Å²) in [5, 5.41) is 7.51. The van der Waals surface area contributed by atoms with Gasteiger partial charge in [0.15, 0.2) is 0 Å². The first-order valence-corrected chi connectivity index (χ1v) is 2.44. The van der Waals surface area contributed by atoms with Crippen LogP contribution in [-0.4, -0.2) is 0 Å². The minimum Gasteiger partial charge on any atom is -0.193 e. The predicted molar refractivity (Wildman–Crippen MR) is 36.3 cm³/mol. The summed E-state index contributed by atoms with van der Waals surface area (Å²) in [7, 11) is 0. The van der Waals surface area contributed by atoms with Gasteiger partial charge in [0.1, 0.15) is 0 Å². The third kappa shape index (κ3) is 83.3. The van der Waals surface area contributed by atoms with Gasteiger partial charge < -0.3 is 0 Å². The molecule has 0 saturated carbocycles. The molecule has 0 fully saturated rings. The maximum atomic E-state index is 7.51. The standard InChI is InChI=1S/C4H8.C3H3N/c1-3-4-2;1-2-3-4/h3H,1,4H2,2H3;2H,1H2. The van der Waals surface area contributed by atoms with E-state index in [1.165, 1.54) is 6.08 Å². The fraction of sp³-hybridized carbons (Fsp3) is 0.286. The van der Waals surface area contributed by atoms with Gasteiger partial charge in [0.2, 0.25) is 0 Å². The molecule has 0 unspecified atom stereocenters. The van der Waals surface area contributed by atoms with E-state index in [2.05, 4.69) is 20.1 Å². The van der Waals surface area contributed by atoms with E-state index in [4.69, 9.17) is 5.26 Å². The van der Waals surface area contributed by atoms with Crippen molar-refractivity contribution < 1.29 is 0 Å². The van der Waals surface area contributed by atoms with E-state index in [0.717, 1.165) is 6.42 Å². The summed E-state index contributed by atoms with van der Waals surface area (Å²) in [6.07, 6.45) is 4.14. The minimum atomic E-state index is 1.08. The van der Waals surface area contributed by atoms with E-state index in [-0.39, 0.29) is 0 Å². The zero-order chi connectivity index (χ0) is 6.83. The summed E-state index contributed by atoms with van der Waals surface area (Å²) in [6.45, 7) is 8.66. The van der Waals surface area contributed by atoms with Crippen molar-refractivity contribution >= 4 is 0 Å². The molecule has 0 amide bonds. The number of allylic oxidation sites excluding steroid dienone is 2. The topological polar surface area (TPSA) is 23.8 Å². The Hall–Kier alpha value is -1.03. The molecule has 0 aliphatic carbocycles. The van der Waals surface area contributed by atoms with Gasteiger partial charge in [0.25, 0.3) is 0 Å². The molecular formula is C7H11N. The highest BCUT2D eigenvalue weighted by atomic mass is 14.2. The summed E-state index contributed by atoms with van der Waals surface area (Å²) in [6, 6.07) is 1.69. The van der Waals surface area contributed by atoms with Crippen LogP contribution in [0.4, 0.5) is 0 Å². The van der Waals surface area contributed by atoms with Crippen LogP contribution in [0.25, 0.3) is 0 Å². The normalized spacial score (nSPS) is 5.00. The summed E-state index contributed by atoms with van der Waals surface area (Å²) in [5.74, 6) is 0. The van der Waals surface area contributed by atoms with Crippen LogP contribution >= 0.6 is 0 Å². The van der Waals surface area contributed by atoms with Crippen molar-refractivity contribution in [3.8, 4) is 6.07 Å². The number of hydrogen-bond acceptors (Lipinski definition) is 1. The van der Waals surface area contributed by atoms with Gasteiger partial charge in [-0.05, 0) is 6.42 Å². The molecule has 0 rings (SSSR count). The lowest BCUT2D eigenvalue weighted by Crippen LogP contribution is -1.36. The lowest BCUT2D eigenvalue weighted by molar-refractivity contribution is 1.23. The van der Waals surface area contributed by atoms with Crippen molar-refractivity contribution in [1.29, 1.82) is 5.26 Å². The summed E-state index contributed by atoms with van der Waals surface area (Å²) < 4.78 is 0. The molecule has 0 radical (unpaired) electrons. The highest BCUT2D eigenvalue weighted by molar-refractivity contribution is 4.93. The van der Waals surface area contributed by atoms with Gasteiger partial charge in [0, 0.05) is 6.08 Å². The number of nitriles is 1. The lowest BCUT2D eigenvalue weighted by atomic mass is 10.5. The first-order valence-electron chi connectivity index (χ1n) is 2.44. The zero-order valence-electron chi connectivity index (χ0n) is 5.22. The Bertz CT molecular complexity index is 87.1. The minimum absolute atomic E-state index is 1.08. The van der Waals surface area contributed by atoms with Crippen molar-refractivity contribution in [2.24, 2.45) is 0 Å². The molecule has 0 atom stereocenters. The highest BCUT2D eigenvalue weighted by Gasteiger charge is 1.45. The predicted octanol–water partition coefficient (Wildman–Crippen LogP) is 2.28. The molecule has 0 bridgehead atoms. The van der Waals surface area contributed by atoms with Crippen LogP contribution in [0.5, 0.6) is 0 Å². The number of hydrogen-bond donors (Lipinski definition) is 0. The van der Waals surface area contributed by atoms with Crippen LogP contribution in [0.2, 0.25) is 0 Å². The van der Waals surface area contributed by atoms with Gasteiger partial charge in [-0.1, -0.05) is 19.6 Å². The first-order chi connectivity index (χ1) is 3.83. The Morgan fingerprint density at radius 3 is 1.88 bits per heavy atom. The van der Waals surface area contributed by atoms with E-state index < -0.39 is 0 Å². The molecule has 0 N–H and O–H groups in total. The Kier molecular flexibility index (Phi) is 21.0. The van der Waals surface area contributed by atoms with Crippen molar-refractivity contribution in [1.82, 2.24) is 0 Å². The largest absolute Gasteiger partial charge is 0.193 e. The molecule has 0 aliphatic rings. The smallest absolute Gasteiger partial charge is 0.0905 e. The fourth-order valence-electron chi connectivity index (χ4n) is 0. The van der Waals surface area contributed by atoms with Crippen molar-refractivity contribution in [3.63, 3.8) is 0 Å². The van der Waals surface area contributed by atoms with Crippen LogP contribution in [-0.2, 0) is 0 Å². The van der Waals surface area contributed by atoms with E-state index in [1.54, 1.807) is 6.07 Å². The van der Waals surface area contributed by atoms with Gasteiger partial charge in [0.05, 0.1) is 6.07 Å². The third-order valence-corrected chi connectivity index (χ3v) is 0.380. The van der Waals surface area contributed by atoms with Crippen LogP contribution in [0.3, 0.4) is 0 Å². The van der Waals surface area contributed by atoms with Gasteiger partial charge in [-0.25, -0.2) is 0 Å². The van der Waals surface area contributed by atoms with Crippen molar-refractivity contribution in [2.75, 3.05) is 0 Å². The second-order valence-corrected chi connectivity index (χ2v) is 1.03. The zero-order valence-corrected chi connectivity index (χ0v) is 5.22. The first kappa shape index (κ1) is 10.1. The van der Waals surface area contributed by atoms with Gasteiger partial charge in [-0.2, -0.15) is 5.26 Å². The quantitative estimate of drug-likeness (QED) is 0.374. The fourth-order valence-corrected chi connectivity index (χ4v) is 0. The Morgan fingerprint density at radius 2 is 1.88 bits per heavy atom. The second kappa shape index (κ2) is 16.7. The van der Waals surface area contributed by atoms with Crippen LogP contribution < -0.4 is 0 Å². The van der Waals surface area contributed by atoms with E-state index in [1.807, 2.05) is 6.08 Å². The molecule has 0 heterocycles. The second-order valence-electron chi connectivity index (χ2n) is 1.03. The molecule has 1 heteroatoms. The summed E-state index contributed by atoms with van der Waals surface area (Å²) >= 11 is 0. The Balaban J connectivity index is 0. The highest BCUT2D eigenvalue weighted by Crippen LogP contribution is 1.66. The Morgan fingerprint density at radius 1 is 1.62 bits per heavy atom. The molecule has 0 saturated heterocycles. The molecule has 44 valence electrons. The summed E-state index contributed by atoms with van der Waals surface area (Å²) in [4.78, 5) is 0. The maximum Gasteiger partial charge on any atom is 0.0905 e. The lowest BCUT2D eigenvalue weighted by Gasteiger charge is -1.57. The van der Waals surface area contributed by atoms with Gasteiger partial charge in [-0.15, -0.1) is 6.58 Å². The van der Waals surface area contributed by atoms with Crippen LogP contribution in [0.15, 0.2) is 25.3 Å². The van der Waals surface area contributed by atoms with Gasteiger partial charge >= 0.3 is 0 Å². The molecule has 8 heavy (non-hydrogen) atoms. The molecule has 0 aromatic carbocycles. The van der Waals surface area contributed by atoms with Crippen molar-refractivity contribution in [2.45, 2.75) is 13.3 Å². The monoisotopic (exact) mass is 109 g/mol. The SMILES string of the molecule is C=CC#N.C=CCC. The number of rotatable bonds is 1. The van der Waals surface area contributed by atoms with E-state index in [0.29, 0.717) is 0 Å². The molecular weight excluding hydrogens is 98.1 g/mol. The third-order valence-electron chi connectivity index (χ3n) is 0.380. The Labute approximate surface area is 50.9 Å². The van der Waals surface area contributed by atoms with Crippen molar-refractivity contribution in [3.05, 3.63) is 25.3 Å². The average molecular weight is 109 g/mol.